The van der Waals surface area contributed by atoms with Crippen LogP contribution in [0, 0.1) is 0 Å². The summed E-state index contributed by atoms with van der Waals surface area (Å²) < 4.78 is 7.98. The third-order valence-electron chi connectivity index (χ3n) is 5.24. The van der Waals surface area contributed by atoms with E-state index >= 15 is 0 Å². The van der Waals surface area contributed by atoms with E-state index < -0.39 is 5.60 Å². The minimum absolute atomic E-state index is 0.0146. The maximum absolute atomic E-state index is 12.7. The van der Waals surface area contributed by atoms with Crippen LogP contribution in [0.5, 0.6) is 5.75 Å². The van der Waals surface area contributed by atoms with Crippen LogP contribution < -0.4 is 4.74 Å². The maximum atomic E-state index is 12.7. The van der Waals surface area contributed by atoms with Gasteiger partial charge in [0, 0.05) is 25.6 Å². The zero-order valence-corrected chi connectivity index (χ0v) is 15.4. The van der Waals surface area contributed by atoms with Crippen LogP contribution in [-0.2, 0) is 22.7 Å². The predicted molar refractivity (Wildman–Crippen MR) is 96.7 cm³/mol. The Hall–Kier alpha value is -2.90. The lowest BCUT2D eigenvalue weighted by atomic mass is 9.91. The molecule has 1 spiro atoms. The van der Waals surface area contributed by atoms with Crippen molar-refractivity contribution < 1.29 is 14.3 Å². The van der Waals surface area contributed by atoms with E-state index in [2.05, 4.69) is 10.1 Å². The standard InChI is InChI=1S/C19H23N5O3/c1-15(25)23-9-16-5-2-3-6-17(16)27-19(12-23)7-4-8-22(11-19)18(26)10-24-14-20-13-21-24/h2-3,5-6,13-14H,4,7-12H2,1H3/t19-/m0/s1. The SMILES string of the molecule is CC(=O)N1Cc2ccccc2O[C@]2(CCCN(C(=O)Cn3cncn3)C2)C1. The molecule has 0 aliphatic carbocycles. The zero-order chi connectivity index (χ0) is 18.9. The molecule has 8 heteroatoms. The molecule has 1 fully saturated rings. The van der Waals surface area contributed by atoms with E-state index in [1.807, 2.05) is 34.1 Å². The topological polar surface area (TPSA) is 80.6 Å². The Labute approximate surface area is 157 Å². The van der Waals surface area contributed by atoms with Crippen LogP contribution in [0.4, 0.5) is 0 Å². The van der Waals surface area contributed by atoms with Gasteiger partial charge in [-0.05, 0) is 18.9 Å². The van der Waals surface area contributed by atoms with Crippen LogP contribution in [0.1, 0.15) is 25.3 Å². The number of ether oxygens (including phenoxy) is 1. The van der Waals surface area contributed by atoms with Gasteiger partial charge < -0.3 is 14.5 Å². The second-order valence-corrected chi connectivity index (χ2v) is 7.28. The second kappa shape index (κ2) is 7.02. The Balaban J connectivity index is 1.58. The van der Waals surface area contributed by atoms with Crippen LogP contribution in [0.15, 0.2) is 36.9 Å². The fourth-order valence-corrected chi connectivity index (χ4v) is 3.91. The Morgan fingerprint density at radius 3 is 2.81 bits per heavy atom. The first-order chi connectivity index (χ1) is 13.0. The molecule has 0 saturated carbocycles. The molecule has 1 saturated heterocycles. The van der Waals surface area contributed by atoms with Crippen molar-refractivity contribution in [3.05, 3.63) is 42.5 Å². The highest BCUT2D eigenvalue weighted by molar-refractivity contribution is 5.76. The van der Waals surface area contributed by atoms with Gasteiger partial charge in [-0.2, -0.15) is 5.10 Å². The number of para-hydroxylation sites is 1. The molecule has 8 nitrogen and oxygen atoms in total. The van der Waals surface area contributed by atoms with E-state index in [0.717, 1.165) is 24.2 Å². The highest BCUT2D eigenvalue weighted by atomic mass is 16.5. The lowest BCUT2D eigenvalue weighted by molar-refractivity contribution is -0.140. The van der Waals surface area contributed by atoms with E-state index in [9.17, 15) is 9.59 Å². The molecule has 27 heavy (non-hydrogen) atoms. The lowest BCUT2D eigenvalue weighted by Crippen LogP contribution is -2.58. The molecule has 0 bridgehead atoms. The molecule has 0 unspecified atom stereocenters. The number of likely N-dealkylation sites (tertiary alicyclic amines) is 1. The number of nitrogens with zero attached hydrogens (tertiary/aromatic N) is 5. The largest absolute Gasteiger partial charge is 0.483 e. The Kier molecular flexibility index (Phi) is 4.55. The van der Waals surface area contributed by atoms with Crippen molar-refractivity contribution in [1.82, 2.24) is 24.6 Å². The number of rotatable bonds is 2. The molecular weight excluding hydrogens is 346 g/mol. The van der Waals surface area contributed by atoms with E-state index in [1.165, 1.54) is 17.3 Å². The fourth-order valence-electron chi connectivity index (χ4n) is 3.91. The van der Waals surface area contributed by atoms with Gasteiger partial charge in [-0.25, -0.2) is 9.67 Å². The number of carbonyl (C=O) groups is 2. The normalized spacial score (nSPS) is 22.1. The quantitative estimate of drug-likeness (QED) is 0.791. The number of aromatic nitrogens is 3. The molecule has 2 aromatic rings. The molecule has 2 amide bonds. The minimum Gasteiger partial charge on any atom is -0.483 e. The molecule has 0 radical (unpaired) electrons. The summed E-state index contributed by atoms with van der Waals surface area (Å²) in [4.78, 5) is 32.4. The molecular formula is C19H23N5O3. The molecule has 2 aliphatic heterocycles. The number of hydrogen-bond donors (Lipinski definition) is 0. The van der Waals surface area contributed by atoms with E-state index in [-0.39, 0.29) is 18.4 Å². The van der Waals surface area contributed by atoms with Gasteiger partial charge in [0.15, 0.2) is 0 Å². The smallest absolute Gasteiger partial charge is 0.244 e. The highest BCUT2D eigenvalue weighted by Crippen LogP contribution is 2.34. The van der Waals surface area contributed by atoms with Gasteiger partial charge in [0.1, 0.15) is 30.5 Å². The summed E-state index contributed by atoms with van der Waals surface area (Å²) in [5.74, 6) is 0.794. The number of fused-ring (bicyclic) bond motifs is 1. The first-order valence-electron chi connectivity index (χ1n) is 9.17. The number of carbonyl (C=O) groups excluding carboxylic acids is 2. The molecule has 142 valence electrons. The zero-order valence-electron chi connectivity index (χ0n) is 15.4. The van der Waals surface area contributed by atoms with Crippen LogP contribution in [-0.4, -0.2) is 61.6 Å². The molecule has 2 aliphatic rings. The number of piperidine rings is 1. The molecule has 0 N–H and O–H groups in total. The summed E-state index contributed by atoms with van der Waals surface area (Å²) in [6.45, 7) is 3.88. The average molecular weight is 369 g/mol. The Bertz CT molecular complexity index is 838. The van der Waals surface area contributed by atoms with Crippen LogP contribution in [0.25, 0.3) is 0 Å². The fraction of sp³-hybridized carbons (Fsp3) is 0.474. The third kappa shape index (κ3) is 3.65. The van der Waals surface area contributed by atoms with Gasteiger partial charge in [0.25, 0.3) is 0 Å². The predicted octanol–water partition coefficient (Wildman–Crippen LogP) is 1.08. The summed E-state index contributed by atoms with van der Waals surface area (Å²) in [6.07, 6.45) is 4.59. The van der Waals surface area contributed by atoms with Crippen molar-refractivity contribution in [2.45, 2.75) is 38.5 Å². The summed E-state index contributed by atoms with van der Waals surface area (Å²) in [7, 11) is 0. The first kappa shape index (κ1) is 17.5. The highest BCUT2D eigenvalue weighted by Gasteiger charge is 2.43. The van der Waals surface area contributed by atoms with Gasteiger partial charge >= 0.3 is 0 Å². The first-order valence-corrected chi connectivity index (χ1v) is 9.17. The third-order valence-corrected chi connectivity index (χ3v) is 5.24. The summed E-state index contributed by atoms with van der Waals surface area (Å²) >= 11 is 0. The monoisotopic (exact) mass is 369 g/mol. The van der Waals surface area contributed by atoms with Crippen molar-refractivity contribution in [3.63, 3.8) is 0 Å². The summed E-state index contributed by atoms with van der Waals surface area (Å²) in [6, 6.07) is 7.82. The van der Waals surface area contributed by atoms with Crippen molar-refractivity contribution in [2.24, 2.45) is 0 Å². The van der Waals surface area contributed by atoms with Gasteiger partial charge in [-0.1, -0.05) is 18.2 Å². The second-order valence-electron chi connectivity index (χ2n) is 7.28. The molecule has 1 atom stereocenters. The average Bonchev–Trinajstić information content (AvgIpc) is 3.10. The number of amides is 2. The van der Waals surface area contributed by atoms with Crippen LogP contribution >= 0.6 is 0 Å². The number of hydrogen-bond acceptors (Lipinski definition) is 5. The maximum Gasteiger partial charge on any atom is 0.244 e. The van der Waals surface area contributed by atoms with Crippen molar-refractivity contribution in [3.8, 4) is 5.75 Å². The van der Waals surface area contributed by atoms with Crippen molar-refractivity contribution in [2.75, 3.05) is 19.6 Å². The summed E-state index contributed by atoms with van der Waals surface area (Å²) in [5, 5.41) is 4.01. The van der Waals surface area contributed by atoms with Crippen molar-refractivity contribution >= 4 is 11.8 Å². The van der Waals surface area contributed by atoms with Crippen molar-refractivity contribution in [1.29, 1.82) is 0 Å². The van der Waals surface area contributed by atoms with Gasteiger partial charge in [0.05, 0.1) is 13.1 Å². The van der Waals surface area contributed by atoms with E-state index in [4.69, 9.17) is 4.74 Å². The van der Waals surface area contributed by atoms with Gasteiger partial charge in [-0.3, -0.25) is 9.59 Å². The molecule has 3 heterocycles. The Morgan fingerprint density at radius 2 is 2.04 bits per heavy atom. The lowest BCUT2D eigenvalue weighted by Gasteiger charge is -2.43. The van der Waals surface area contributed by atoms with Crippen LogP contribution in [0.2, 0.25) is 0 Å². The molecule has 1 aromatic carbocycles. The van der Waals surface area contributed by atoms with Gasteiger partial charge in [0.2, 0.25) is 11.8 Å². The molecule has 1 aromatic heterocycles. The van der Waals surface area contributed by atoms with E-state index in [1.54, 1.807) is 6.92 Å². The van der Waals surface area contributed by atoms with Gasteiger partial charge in [-0.15, -0.1) is 0 Å². The number of benzene rings is 1. The van der Waals surface area contributed by atoms with E-state index in [0.29, 0.717) is 26.2 Å². The summed E-state index contributed by atoms with van der Waals surface area (Å²) in [5.41, 5.74) is 0.407. The minimum atomic E-state index is -0.589. The van der Waals surface area contributed by atoms with Crippen LogP contribution in [0.3, 0.4) is 0 Å². The Morgan fingerprint density at radius 1 is 1.22 bits per heavy atom. The molecule has 4 rings (SSSR count).